The number of para-hydroxylation sites is 2. The van der Waals surface area contributed by atoms with Crippen molar-refractivity contribution < 1.29 is 19.0 Å². The molecule has 130 valence electrons. The summed E-state index contributed by atoms with van der Waals surface area (Å²) >= 11 is 0. The van der Waals surface area contributed by atoms with Gasteiger partial charge in [-0.1, -0.05) is 36.4 Å². The van der Waals surface area contributed by atoms with Crippen LogP contribution in [0.25, 0.3) is 0 Å². The van der Waals surface area contributed by atoms with Crippen LogP contribution in [0.5, 0.6) is 11.5 Å². The Bertz CT molecular complexity index is 719. The second kappa shape index (κ2) is 8.74. The Balaban J connectivity index is 2.67. The zero-order chi connectivity index (χ0) is 18.2. The molecule has 0 spiro atoms. The fourth-order valence-corrected chi connectivity index (χ4v) is 2.87. The van der Waals surface area contributed by atoms with Crippen molar-refractivity contribution in [2.45, 2.75) is 12.8 Å². The fraction of sp³-hybridized carbons (Fsp3) is 0.300. The number of hydrogen-bond acceptors (Lipinski definition) is 5. The molecule has 0 radical (unpaired) electrons. The molecule has 25 heavy (non-hydrogen) atoms. The Labute approximate surface area is 147 Å². The van der Waals surface area contributed by atoms with Crippen molar-refractivity contribution in [3.8, 4) is 17.6 Å². The van der Waals surface area contributed by atoms with Gasteiger partial charge in [0.25, 0.3) is 0 Å². The molecule has 2 aromatic rings. The number of nitriles is 1. The first-order valence-electron chi connectivity index (χ1n) is 8.00. The number of hydrogen-bond donors (Lipinski definition) is 0. The minimum atomic E-state index is -1.02. The van der Waals surface area contributed by atoms with Gasteiger partial charge in [-0.3, -0.25) is 4.79 Å². The molecule has 0 saturated carbocycles. The summed E-state index contributed by atoms with van der Waals surface area (Å²) in [5.41, 5.74) is 1.46. The van der Waals surface area contributed by atoms with Crippen molar-refractivity contribution in [1.82, 2.24) is 0 Å². The van der Waals surface area contributed by atoms with Crippen LogP contribution >= 0.6 is 0 Å². The number of carbonyl (C=O) groups is 1. The second-order valence-corrected chi connectivity index (χ2v) is 5.32. The summed E-state index contributed by atoms with van der Waals surface area (Å²) in [6.45, 7) is 1.93. The van der Waals surface area contributed by atoms with E-state index in [-0.39, 0.29) is 6.61 Å². The van der Waals surface area contributed by atoms with Crippen molar-refractivity contribution in [3.63, 3.8) is 0 Å². The topological polar surface area (TPSA) is 68.6 Å². The lowest BCUT2D eigenvalue weighted by Crippen LogP contribution is -2.25. The normalized spacial score (nSPS) is 11.5. The molecule has 0 heterocycles. The number of methoxy groups -OCH3 is 2. The SMILES string of the molecule is CCOC(=O)C(C#N)C(c1ccccc1OC)c1ccccc1OC. The number of carbonyl (C=O) groups excluding carboxylic acids is 1. The van der Waals surface area contributed by atoms with Crippen LogP contribution in [0.1, 0.15) is 24.0 Å². The van der Waals surface area contributed by atoms with E-state index < -0.39 is 17.8 Å². The van der Waals surface area contributed by atoms with E-state index in [4.69, 9.17) is 14.2 Å². The van der Waals surface area contributed by atoms with Gasteiger partial charge in [-0.2, -0.15) is 5.26 Å². The summed E-state index contributed by atoms with van der Waals surface area (Å²) in [6.07, 6.45) is 0. The molecule has 0 N–H and O–H groups in total. The summed E-state index contributed by atoms with van der Waals surface area (Å²) < 4.78 is 16.0. The van der Waals surface area contributed by atoms with Gasteiger partial charge in [0.2, 0.25) is 0 Å². The largest absolute Gasteiger partial charge is 0.496 e. The smallest absolute Gasteiger partial charge is 0.324 e. The standard InChI is InChI=1S/C20H21NO4/c1-4-25-20(22)16(13-21)19(14-9-5-7-11-17(14)23-2)15-10-6-8-12-18(15)24-3/h5-12,16,19H,4H2,1-3H3. The van der Waals surface area contributed by atoms with E-state index in [1.54, 1.807) is 33.3 Å². The third-order valence-electron chi connectivity index (χ3n) is 3.96. The predicted octanol–water partition coefficient (Wildman–Crippen LogP) is 3.54. The first-order chi connectivity index (χ1) is 12.2. The highest BCUT2D eigenvalue weighted by molar-refractivity contribution is 5.78. The highest BCUT2D eigenvalue weighted by atomic mass is 16.5. The van der Waals surface area contributed by atoms with Gasteiger partial charge in [0.1, 0.15) is 11.5 Å². The summed E-state index contributed by atoms with van der Waals surface area (Å²) in [5, 5.41) is 9.71. The number of esters is 1. The average molecular weight is 339 g/mol. The maximum atomic E-state index is 12.4. The van der Waals surface area contributed by atoms with E-state index in [1.807, 2.05) is 36.4 Å². The third kappa shape index (κ3) is 3.92. The molecule has 2 rings (SSSR count). The molecule has 0 amide bonds. The molecule has 5 nitrogen and oxygen atoms in total. The van der Waals surface area contributed by atoms with Gasteiger partial charge in [-0.25, -0.2) is 0 Å². The highest BCUT2D eigenvalue weighted by Gasteiger charge is 2.35. The molecule has 0 aliphatic heterocycles. The summed E-state index contributed by atoms with van der Waals surface area (Å²) in [4.78, 5) is 12.4. The second-order valence-electron chi connectivity index (χ2n) is 5.32. The van der Waals surface area contributed by atoms with E-state index in [0.717, 1.165) is 11.1 Å². The van der Waals surface area contributed by atoms with E-state index in [1.165, 1.54) is 0 Å². The van der Waals surface area contributed by atoms with Crippen molar-refractivity contribution in [1.29, 1.82) is 5.26 Å². The van der Waals surface area contributed by atoms with Crippen LogP contribution in [0.4, 0.5) is 0 Å². The van der Waals surface area contributed by atoms with Crippen molar-refractivity contribution in [2.75, 3.05) is 20.8 Å². The lowest BCUT2D eigenvalue weighted by molar-refractivity contribution is -0.146. The van der Waals surface area contributed by atoms with Gasteiger partial charge < -0.3 is 14.2 Å². The Morgan fingerprint density at radius 1 is 1.00 bits per heavy atom. The predicted molar refractivity (Wildman–Crippen MR) is 93.6 cm³/mol. The molecule has 1 atom stereocenters. The minimum absolute atomic E-state index is 0.210. The summed E-state index contributed by atoms with van der Waals surface area (Å²) in [6, 6.07) is 16.8. The monoisotopic (exact) mass is 339 g/mol. The first kappa shape index (κ1) is 18.3. The lowest BCUT2D eigenvalue weighted by atomic mass is 9.80. The quantitative estimate of drug-likeness (QED) is 0.722. The number of nitrogens with zero attached hydrogens (tertiary/aromatic N) is 1. The van der Waals surface area contributed by atoms with Crippen LogP contribution in [0.15, 0.2) is 48.5 Å². The van der Waals surface area contributed by atoms with E-state index in [2.05, 4.69) is 6.07 Å². The van der Waals surface area contributed by atoms with E-state index in [9.17, 15) is 10.1 Å². The molecule has 5 heteroatoms. The van der Waals surface area contributed by atoms with Crippen molar-refractivity contribution in [2.24, 2.45) is 5.92 Å². The number of benzene rings is 2. The molecular formula is C20H21NO4. The maximum Gasteiger partial charge on any atom is 0.324 e. The fourth-order valence-electron chi connectivity index (χ4n) is 2.87. The van der Waals surface area contributed by atoms with Crippen LogP contribution in [0.2, 0.25) is 0 Å². The maximum absolute atomic E-state index is 12.4. The molecule has 0 bridgehead atoms. The molecule has 0 aliphatic carbocycles. The van der Waals surface area contributed by atoms with Crippen LogP contribution in [-0.4, -0.2) is 26.8 Å². The van der Waals surface area contributed by atoms with E-state index in [0.29, 0.717) is 11.5 Å². The Hall–Kier alpha value is -3.00. The van der Waals surface area contributed by atoms with E-state index >= 15 is 0 Å². The summed E-state index contributed by atoms with van der Waals surface area (Å²) in [7, 11) is 3.12. The van der Waals surface area contributed by atoms with Crippen LogP contribution in [-0.2, 0) is 9.53 Å². The molecule has 0 aromatic heterocycles. The lowest BCUT2D eigenvalue weighted by Gasteiger charge is -2.25. The zero-order valence-corrected chi connectivity index (χ0v) is 14.6. The molecule has 0 fully saturated rings. The summed E-state index contributed by atoms with van der Waals surface area (Å²) in [5.74, 6) is -0.957. The number of rotatable bonds is 7. The molecule has 2 aromatic carbocycles. The minimum Gasteiger partial charge on any atom is -0.496 e. The van der Waals surface area contributed by atoms with Gasteiger partial charge in [0.15, 0.2) is 5.92 Å². The molecule has 0 aliphatic rings. The van der Waals surface area contributed by atoms with Gasteiger partial charge >= 0.3 is 5.97 Å². The van der Waals surface area contributed by atoms with Gasteiger partial charge in [-0.15, -0.1) is 0 Å². The van der Waals surface area contributed by atoms with Crippen molar-refractivity contribution >= 4 is 5.97 Å². The average Bonchev–Trinajstić information content (AvgIpc) is 2.66. The molecular weight excluding hydrogens is 318 g/mol. The Morgan fingerprint density at radius 3 is 1.88 bits per heavy atom. The van der Waals surface area contributed by atoms with Crippen LogP contribution in [0.3, 0.4) is 0 Å². The number of ether oxygens (including phenoxy) is 3. The van der Waals surface area contributed by atoms with Crippen molar-refractivity contribution in [3.05, 3.63) is 59.7 Å². The van der Waals surface area contributed by atoms with Gasteiger partial charge in [0, 0.05) is 17.0 Å². The Morgan fingerprint density at radius 2 is 1.48 bits per heavy atom. The third-order valence-corrected chi connectivity index (χ3v) is 3.96. The highest BCUT2D eigenvalue weighted by Crippen LogP contribution is 2.41. The zero-order valence-electron chi connectivity index (χ0n) is 14.6. The van der Waals surface area contributed by atoms with Crippen LogP contribution in [0, 0.1) is 17.2 Å². The van der Waals surface area contributed by atoms with Gasteiger partial charge in [0.05, 0.1) is 26.9 Å². The molecule has 0 saturated heterocycles. The van der Waals surface area contributed by atoms with Crippen LogP contribution < -0.4 is 9.47 Å². The van der Waals surface area contributed by atoms with Gasteiger partial charge in [-0.05, 0) is 19.1 Å². The molecule has 1 unspecified atom stereocenters. The first-order valence-corrected chi connectivity index (χ1v) is 8.00. The Kier molecular flexibility index (Phi) is 6.41.